The Morgan fingerprint density at radius 1 is 1.04 bits per heavy atom. The van der Waals surface area contributed by atoms with Gasteiger partial charge in [-0.15, -0.1) is 0 Å². The zero-order chi connectivity index (χ0) is 16.9. The van der Waals surface area contributed by atoms with Gasteiger partial charge in [-0.05, 0) is 55.2 Å². The van der Waals surface area contributed by atoms with Crippen molar-refractivity contribution in [3.05, 3.63) is 59.7 Å². The van der Waals surface area contributed by atoms with E-state index in [0.717, 1.165) is 35.2 Å². The summed E-state index contributed by atoms with van der Waals surface area (Å²) in [6, 6.07) is 10.8. The number of nitrogens with zero attached hydrogens (tertiary/aromatic N) is 2. The number of H-pyrrole nitrogens is 2. The lowest BCUT2D eigenvalue weighted by Gasteiger charge is -2.02. The lowest BCUT2D eigenvalue weighted by molar-refractivity contribution is -0.191. The van der Waals surface area contributed by atoms with Crippen LogP contribution >= 0.6 is 0 Å². The maximum atomic E-state index is 8.12. The van der Waals surface area contributed by atoms with Crippen LogP contribution in [-0.2, 0) is 22.4 Å². The lowest BCUT2D eigenvalue weighted by atomic mass is 10.0. The van der Waals surface area contributed by atoms with Crippen molar-refractivity contribution in [1.29, 1.82) is 0 Å². The second-order valence-electron chi connectivity index (χ2n) is 5.57. The molecular weight excluding hydrogens is 304 g/mol. The van der Waals surface area contributed by atoms with Gasteiger partial charge >= 0.3 is 6.15 Å². The highest BCUT2D eigenvalue weighted by Gasteiger charge is 2.03. The molecule has 0 spiro atoms. The summed E-state index contributed by atoms with van der Waals surface area (Å²) < 4.78 is 0. The van der Waals surface area contributed by atoms with Gasteiger partial charge in [-0.1, -0.05) is 6.07 Å². The normalized spacial score (nSPS) is 10.4. The van der Waals surface area contributed by atoms with E-state index in [2.05, 4.69) is 57.2 Å². The number of hydrogen-bond donors (Lipinski definition) is 2. The first-order valence-corrected chi connectivity index (χ1v) is 7.55. The van der Waals surface area contributed by atoms with E-state index < -0.39 is 0 Å². The summed E-state index contributed by atoms with van der Waals surface area (Å²) in [5.74, 6) is 0. The molecule has 2 N–H and O–H groups in total. The third kappa shape index (κ3) is 3.39. The van der Waals surface area contributed by atoms with Crippen molar-refractivity contribution in [1.82, 2.24) is 19.9 Å². The van der Waals surface area contributed by atoms with Crippen LogP contribution in [0.5, 0.6) is 0 Å². The second-order valence-corrected chi connectivity index (χ2v) is 5.57. The number of fused-ring (bicyclic) bond motifs is 2. The van der Waals surface area contributed by atoms with E-state index in [1.54, 1.807) is 6.33 Å². The van der Waals surface area contributed by atoms with Crippen molar-refractivity contribution in [3.8, 4) is 0 Å². The Labute approximate surface area is 137 Å². The lowest BCUT2D eigenvalue weighted by Crippen LogP contribution is -1.92. The smallest absolute Gasteiger partial charge is 0.345 e. The summed E-state index contributed by atoms with van der Waals surface area (Å²) in [6.07, 6.45) is 5.95. The van der Waals surface area contributed by atoms with Crippen LogP contribution in [-0.4, -0.2) is 26.1 Å². The van der Waals surface area contributed by atoms with Gasteiger partial charge in [-0.2, -0.15) is 9.59 Å². The number of pyridine rings is 1. The Morgan fingerprint density at radius 3 is 2.67 bits per heavy atom. The summed E-state index contributed by atoms with van der Waals surface area (Å²) in [5, 5.41) is 1.19. The van der Waals surface area contributed by atoms with Crippen LogP contribution in [0.3, 0.4) is 0 Å². The molecule has 0 fully saturated rings. The van der Waals surface area contributed by atoms with Crippen LogP contribution in [0, 0.1) is 6.92 Å². The van der Waals surface area contributed by atoms with Gasteiger partial charge in [-0.25, -0.2) is 9.97 Å². The number of benzene rings is 1. The van der Waals surface area contributed by atoms with Crippen LogP contribution < -0.4 is 0 Å². The molecule has 3 aromatic heterocycles. The summed E-state index contributed by atoms with van der Waals surface area (Å²) in [6.45, 7) is 2.06. The van der Waals surface area contributed by atoms with Crippen molar-refractivity contribution in [3.63, 3.8) is 0 Å². The maximum Gasteiger partial charge on any atom is 0.373 e. The molecule has 1 aromatic carbocycles. The molecule has 0 atom stereocenters. The SMILES string of the molecule is Cc1cc2cc(CCc3ccc4nc[nH]c4c3)cnc2[nH]1.O=C=O. The fourth-order valence-corrected chi connectivity index (χ4v) is 2.76. The van der Waals surface area contributed by atoms with E-state index >= 15 is 0 Å². The fourth-order valence-electron chi connectivity index (χ4n) is 2.76. The molecule has 0 amide bonds. The first-order valence-electron chi connectivity index (χ1n) is 7.55. The molecule has 4 rings (SSSR count). The van der Waals surface area contributed by atoms with Crippen molar-refractivity contribution >= 4 is 28.2 Å². The Hall–Kier alpha value is -3.24. The van der Waals surface area contributed by atoms with E-state index in [9.17, 15) is 0 Å². The second kappa shape index (κ2) is 6.89. The quantitative estimate of drug-likeness (QED) is 0.607. The van der Waals surface area contributed by atoms with Crippen LogP contribution in [0.2, 0.25) is 0 Å². The average Bonchev–Trinajstić information content (AvgIpc) is 3.17. The molecule has 0 aliphatic heterocycles. The van der Waals surface area contributed by atoms with Crippen LogP contribution in [0.1, 0.15) is 16.8 Å². The van der Waals surface area contributed by atoms with Gasteiger partial charge in [0.15, 0.2) is 0 Å². The molecule has 0 bridgehead atoms. The number of carbonyl (C=O) groups excluding carboxylic acids is 2. The first-order chi connectivity index (χ1) is 11.7. The zero-order valence-electron chi connectivity index (χ0n) is 13.2. The third-order valence-corrected chi connectivity index (χ3v) is 3.85. The summed E-state index contributed by atoms with van der Waals surface area (Å²) in [7, 11) is 0. The van der Waals surface area contributed by atoms with Gasteiger partial charge in [0, 0.05) is 17.3 Å². The predicted molar refractivity (Wildman–Crippen MR) is 89.3 cm³/mol. The Bertz CT molecular complexity index is 1010. The standard InChI is InChI=1S/C17H16N4.CO2/c1-11-6-14-7-13(9-18-17(14)21-11)3-2-12-4-5-15-16(8-12)20-10-19-15;2-1-3/h4-10H,2-3H2,1H3,(H,18,21)(H,19,20);. The monoisotopic (exact) mass is 320 g/mol. The van der Waals surface area contributed by atoms with Crippen LogP contribution in [0.25, 0.3) is 22.1 Å². The summed E-state index contributed by atoms with van der Waals surface area (Å²) >= 11 is 0. The highest BCUT2D eigenvalue weighted by atomic mass is 16.2. The highest BCUT2D eigenvalue weighted by molar-refractivity contribution is 5.77. The molecular formula is C18H16N4O2. The molecule has 0 aliphatic carbocycles. The number of aryl methyl sites for hydroxylation is 3. The Balaban J connectivity index is 0.000000526. The van der Waals surface area contributed by atoms with E-state index in [4.69, 9.17) is 9.59 Å². The average molecular weight is 320 g/mol. The molecule has 24 heavy (non-hydrogen) atoms. The van der Waals surface area contributed by atoms with Crippen molar-refractivity contribution < 1.29 is 9.59 Å². The van der Waals surface area contributed by atoms with Crippen molar-refractivity contribution in [2.75, 3.05) is 0 Å². The van der Waals surface area contributed by atoms with Gasteiger partial charge in [0.2, 0.25) is 0 Å². The molecule has 4 aromatic rings. The Morgan fingerprint density at radius 2 is 1.83 bits per heavy atom. The molecule has 0 saturated carbocycles. The minimum atomic E-state index is 0.250. The topological polar surface area (TPSA) is 91.5 Å². The number of aromatic amines is 2. The molecule has 6 heteroatoms. The molecule has 0 aliphatic rings. The minimum absolute atomic E-state index is 0.250. The van der Waals surface area contributed by atoms with Crippen molar-refractivity contribution in [2.24, 2.45) is 0 Å². The Kier molecular flexibility index (Phi) is 4.50. The van der Waals surface area contributed by atoms with Gasteiger partial charge in [0.1, 0.15) is 5.65 Å². The molecule has 0 unspecified atom stereocenters. The van der Waals surface area contributed by atoms with Gasteiger partial charge < -0.3 is 9.97 Å². The number of hydrogen-bond acceptors (Lipinski definition) is 4. The summed E-state index contributed by atoms with van der Waals surface area (Å²) in [4.78, 5) is 31.4. The largest absolute Gasteiger partial charge is 0.373 e. The van der Waals surface area contributed by atoms with Crippen LogP contribution in [0.15, 0.2) is 42.9 Å². The van der Waals surface area contributed by atoms with Gasteiger partial charge in [-0.3, -0.25) is 0 Å². The first kappa shape index (κ1) is 15.6. The van der Waals surface area contributed by atoms with Crippen molar-refractivity contribution in [2.45, 2.75) is 19.8 Å². The summed E-state index contributed by atoms with van der Waals surface area (Å²) in [5.41, 5.74) is 6.82. The number of rotatable bonds is 3. The van der Waals surface area contributed by atoms with E-state index in [-0.39, 0.29) is 6.15 Å². The number of nitrogens with one attached hydrogen (secondary N) is 2. The van der Waals surface area contributed by atoms with E-state index in [0.29, 0.717) is 0 Å². The minimum Gasteiger partial charge on any atom is -0.345 e. The number of imidazole rings is 1. The number of aromatic nitrogens is 4. The zero-order valence-corrected chi connectivity index (χ0v) is 13.2. The fraction of sp³-hybridized carbons (Fsp3) is 0.167. The maximum absolute atomic E-state index is 8.12. The van der Waals surface area contributed by atoms with Gasteiger partial charge in [0.05, 0.1) is 17.4 Å². The molecule has 0 saturated heterocycles. The van der Waals surface area contributed by atoms with E-state index in [1.807, 2.05) is 6.20 Å². The molecule has 120 valence electrons. The highest BCUT2D eigenvalue weighted by Crippen LogP contribution is 2.17. The predicted octanol–water partition coefficient (Wildman–Crippen LogP) is 2.95. The third-order valence-electron chi connectivity index (χ3n) is 3.85. The van der Waals surface area contributed by atoms with Crippen LogP contribution in [0.4, 0.5) is 0 Å². The van der Waals surface area contributed by atoms with E-state index in [1.165, 1.54) is 16.5 Å². The van der Waals surface area contributed by atoms with Gasteiger partial charge in [0.25, 0.3) is 0 Å². The molecule has 3 heterocycles. The molecule has 6 nitrogen and oxygen atoms in total. The molecule has 0 radical (unpaired) electrons.